The second-order valence-electron chi connectivity index (χ2n) is 6.68. The van der Waals surface area contributed by atoms with E-state index in [2.05, 4.69) is 36.1 Å². The van der Waals surface area contributed by atoms with Crippen molar-refractivity contribution in [3.63, 3.8) is 0 Å². The highest BCUT2D eigenvalue weighted by molar-refractivity contribution is 6.09. The zero-order valence-electron chi connectivity index (χ0n) is 13.5. The van der Waals surface area contributed by atoms with Crippen LogP contribution in [0, 0.1) is 0 Å². The molecule has 2 aromatic carbocycles. The van der Waals surface area contributed by atoms with Gasteiger partial charge in [0.05, 0.1) is 6.54 Å². The number of carbonyl (C=O) groups is 1. The van der Waals surface area contributed by atoms with Gasteiger partial charge in [-0.15, -0.1) is 0 Å². The van der Waals surface area contributed by atoms with Crippen LogP contribution in [-0.4, -0.2) is 23.4 Å². The first kappa shape index (κ1) is 14.5. The Hall–Kier alpha value is -2.13. The van der Waals surface area contributed by atoms with E-state index in [0.717, 1.165) is 23.4 Å². The molecule has 0 aromatic heterocycles. The number of hydrogen-bond acceptors (Lipinski definition) is 2. The summed E-state index contributed by atoms with van der Waals surface area (Å²) in [4.78, 5) is 16.9. The fourth-order valence-corrected chi connectivity index (χ4v) is 3.71. The Morgan fingerprint density at radius 3 is 2.57 bits per heavy atom. The Morgan fingerprint density at radius 2 is 1.87 bits per heavy atom. The van der Waals surface area contributed by atoms with Gasteiger partial charge in [0.1, 0.15) is 0 Å². The average molecular weight is 306 g/mol. The highest BCUT2D eigenvalue weighted by atomic mass is 16.2. The van der Waals surface area contributed by atoms with Gasteiger partial charge in [0, 0.05) is 23.8 Å². The van der Waals surface area contributed by atoms with Crippen LogP contribution in [0.2, 0.25) is 0 Å². The number of hydrogen-bond donors (Lipinski definition) is 0. The molecule has 2 aliphatic heterocycles. The van der Waals surface area contributed by atoms with E-state index in [-0.39, 0.29) is 5.91 Å². The maximum absolute atomic E-state index is 12.5. The smallest absolute Gasteiger partial charge is 0.258 e. The fraction of sp³-hybridized carbons (Fsp3) is 0.350. The van der Waals surface area contributed by atoms with E-state index in [1.54, 1.807) is 0 Å². The van der Waals surface area contributed by atoms with E-state index < -0.39 is 0 Å². The summed E-state index contributed by atoms with van der Waals surface area (Å²) in [6.45, 7) is 5.19. The van der Waals surface area contributed by atoms with Crippen molar-refractivity contribution in [2.45, 2.75) is 38.9 Å². The number of likely N-dealkylation sites (tertiary alicyclic amines) is 1. The van der Waals surface area contributed by atoms with E-state index in [0.29, 0.717) is 12.6 Å². The van der Waals surface area contributed by atoms with E-state index in [9.17, 15) is 4.79 Å². The van der Waals surface area contributed by atoms with E-state index >= 15 is 0 Å². The van der Waals surface area contributed by atoms with Gasteiger partial charge < -0.3 is 4.90 Å². The number of nitrogens with zero attached hydrogens (tertiary/aromatic N) is 2. The lowest BCUT2D eigenvalue weighted by Gasteiger charge is -2.21. The predicted molar refractivity (Wildman–Crippen MR) is 92.5 cm³/mol. The molecule has 0 N–H and O–H groups in total. The molecule has 118 valence electrons. The number of fused-ring (bicyclic) bond motifs is 1. The van der Waals surface area contributed by atoms with Gasteiger partial charge in [0.2, 0.25) is 0 Å². The standard InChI is InChI=1S/C20H22N2O/c1-15-5-4-12-21(15)13-16-8-10-18(11-9-16)22-14-17-6-2-3-7-19(17)20(22)23/h2-3,6-11,15H,4-5,12-14H2,1H3. The topological polar surface area (TPSA) is 23.6 Å². The number of rotatable bonds is 3. The second-order valence-corrected chi connectivity index (χ2v) is 6.68. The van der Waals surface area contributed by atoms with Crippen LogP contribution in [0.3, 0.4) is 0 Å². The van der Waals surface area contributed by atoms with Gasteiger partial charge in [-0.2, -0.15) is 0 Å². The molecule has 1 amide bonds. The Balaban J connectivity index is 1.50. The van der Waals surface area contributed by atoms with Crippen molar-refractivity contribution in [1.82, 2.24) is 4.90 Å². The predicted octanol–water partition coefficient (Wildman–Crippen LogP) is 3.83. The summed E-state index contributed by atoms with van der Waals surface area (Å²) in [5.74, 6) is 0.113. The third-order valence-electron chi connectivity index (χ3n) is 5.15. The minimum atomic E-state index is 0.113. The summed E-state index contributed by atoms with van der Waals surface area (Å²) in [6.07, 6.45) is 2.61. The summed E-state index contributed by atoms with van der Waals surface area (Å²) in [5.41, 5.74) is 4.27. The summed E-state index contributed by atoms with van der Waals surface area (Å²) < 4.78 is 0. The maximum Gasteiger partial charge on any atom is 0.258 e. The van der Waals surface area contributed by atoms with Gasteiger partial charge in [-0.1, -0.05) is 30.3 Å². The van der Waals surface area contributed by atoms with Crippen LogP contribution in [0.15, 0.2) is 48.5 Å². The molecule has 2 aromatic rings. The largest absolute Gasteiger partial charge is 0.304 e. The molecule has 1 atom stereocenters. The van der Waals surface area contributed by atoms with Crippen molar-refractivity contribution in [1.29, 1.82) is 0 Å². The third-order valence-corrected chi connectivity index (χ3v) is 5.15. The van der Waals surface area contributed by atoms with Crippen molar-refractivity contribution in [3.05, 3.63) is 65.2 Å². The monoisotopic (exact) mass is 306 g/mol. The first-order valence-corrected chi connectivity index (χ1v) is 8.45. The molecule has 2 aliphatic rings. The van der Waals surface area contributed by atoms with E-state index in [4.69, 9.17) is 0 Å². The van der Waals surface area contributed by atoms with Crippen LogP contribution in [0.4, 0.5) is 5.69 Å². The molecule has 3 heteroatoms. The lowest BCUT2D eigenvalue weighted by atomic mass is 10.1. The fourth-order valence-electron chi connectivity index (χ4n) is 3.71. The molecule has 0 saturated carbocycles. The summed E-state index contributed by atoms with van der Waals surface area (Å²) in [7, 11) is 0. The molecular formula is C20H22N2O. The highest BCUT2D eigenvalue weighted by Gasteiger charge is 2.28. The number of benzene rings is 2. The molecule has 0 aliphatic carbocycles. The van der Waals surface area contributed by atoms with Gasteiger partial charge in [-0.05, 0) is 55.6 Å². The first-order valence-electron chi connectivity index (χ1n) is 8.45. The molecule has 0 radical (unpaired) electrons. The summed E-state index contributed by atoms with van der Waals surface area (Å²) in [5, 5.41) is 0. The average Bonchev–Trinajstić information content (AvgIpc) is 3.13. The van der Waals surface area contributed by atoms with Gasteiger partial charge in [0.15, 0.2) is 0 Å². The lowest BCUT2D eigenvalue weighted by Crippen LogP contribution is -2.26. The lowest BCUT2D eigenvalue weighted by molar-refractivity contribution is 0.0996. The molecule has 3 nitrogen and oxygen atoms in total. The van der Waals surface area contributed by atoms with E-state index in [1.807, 2.05) is 29.2 Å². The Morgan fingerprint density at radius 1 is 1.09 bits per heavy atom. The molecule has 1 unspecified atom stereocenters. The zero-order chi connectivity index (χ0) is 15.8. The maximum atomic E-state index is 12.5. The number of amides is 1. The molecule has 4 rings (SSSR count). The summed E-state index contributed by atoms with van der Waals surface area (Å²) in [6, 6.07) is 17.1. The van der Waals surface area contributed by atoms with Crippen LogP contribution < -0.4 is 4.90 Å². The van der Waals surface area contributed by atoms with Crippen LogP contribution in [-0.2, 0) is 13.1 Å². The van der Waals surface area contributed by atoms with Gasteiger partial charge in [-0.3, -0.25) is 9.69 Å². The van der Waals surface area contributed by atoms with Crippen molar-refractivity contribution in [2.75, 3.05) is 11.4 Å². The summed E-state index contributed by atoms with van der Waals surface area (Å²) >= 11 is 0. The minimum absolute atomic E-state index is 0.113. The first-order chi connectivity index (χ1) is 11.2. The Kier molecular flexibility index (Phi) is 3.66. The van der Waals surface area contributed by atoms with Crippen LogP contribution in [0.25, 0.3) is 0 Å². The Bertz CT molecular complexity index is 723. The Labute approximate surface area is 137 Å². The highest BCUT2D eigenvalue weighted by Crippen LogP contribution is 2.28. The molecule has 23 heavy (non-hydrogen) atoms. The van der Waals surface area contributed by atoms with Crippen LogP contribution >= 0.6 is 0 Å². The minimum Gasteiger partial charge on any atom is -0.304 e. The third kappa shape index (κ3) is 2.66. The van der Waals surface area contributed by atoms with Crippen molar-refractivity contribution < 1.29 is 4.79 Å². The van der Waals surface area contributed by atoms with Gasteiger partial charge in [-0.25, -0.2) is 0 Å². The molecule has 2 heterocycles. The van der Waals surface area contributed by atoms with Gasteiger partial charge >= 0.3 is 0 Å². The van der Waals surface area contributed by atoms with Crippen molar-refractivity contribution in [2.24, 2.45) is 0 Å². The zero-order valence-corrected chi connectivity index (χ0v) is 13.5. The normalized spacial score (nSPS) is 21.0. The molecule has 1 saturated heterocycles. The molecular weight excluding hydrogens is 284 g/mol. The molecule has 0 spiro atoms. The number of anilines is 1. The van der Waals surface area contributed by atoms with Crippen molar-refractivity contribution in [3.8, 4) is 0 Å². The number of carbonyl (C=O) groups excluding carboxylic acids is 1. The van der Waals surface area contributed by atoms with Crippen LogP contribution in [0.1, 0.15) is 41.3 Å². The molecule has 0 bridgehead atoms. The van der Waals surface area contributed by atoms with Crippen LogP contribution in [0.5, 0.6) is 0 Å². The quantitative estimate of drug-likeness (QED) is 0.860. The SMILES string of the molecule is CC1CCCN1Cc1ccc(N2Cc3ccccc3C2=O)cc1. The van der Waals surface area contributed by atoms with Crippen molar-refractivity contribution >= 4 is 11.6 Å². The van der Waals surface area contributed by atoms with E-state index in [1.165, 1.54) is 24.9 Å². The second kappa shape index (κ2) is 5.82. The molecule has 1 fully saturated rings. The van der Waals surface area contributed by atoms with Gasteiger partial charge in [0.25, 0.3) is 5.91 Å².